The molecule has 8 heteroatoms. The number of hydrogen-bond donors (Lipinski definition) is 1. The topological polar surface area (TPSA) is 87.2 Å². The first-order valence-corrected chi connectivity index (χ1v) is 8.05. The van der Waals surface area contributed by atoms with Crippen molar-refractivity contribution in [3.8, 4) is 23.2 Å². The lowest BCUT2D eigenvalue weighted by atomic mass is 10.1. The number of ether oxygens (including phenoxy) is 2. The number of methoxy groups -OCH3 is 1. The molecule has 0 amide bonds. The molecule has 0 saturated carbocycles. The molecule has 0 spiro atoms. The third-order valence-electron chi connectivity index (χ3n) is 4.15. The maximum atomic E-state index is 5.93. The van der Waals surface area contributed by atoms with Gasteiger partial charge in [0.1, 0.15) is 17.6 Å². The van der Waals surface area contributed by atoms with Gasteiger partial charge in [-0.25, -0.2) is 4.98 Å². The molecule has 1 atom stereocenters. The van der Waals surface area contributed by atoms with Gasteiger partial charge in [0.05, 0.1) is 7.11 Å². The summed E-state index contributed by atoms with van der Waals surface area (Å²) in [4.78, 5) is 4.20. The summed E-state index contributed by atoms with van der Waals surface area (Å²) in [5.74, 6) is 2.72. The first-order chi connectivity index (χ1) is 12.1. The first kappa shape index (κ1) is 15.5. The number of fused-ring (bicyclic) bond motifs is 1. The number of benzene rings is 1. The van der Waals surface area contributed by atoms with Gasteiger partial charge in [-0.15, -0.1) is 5.10 Å². The molecule has 0 saturated heterocycles. The molecule has 8 nitrogen and oxygen atoms in total. The van der Waals surface area contributed by atoms with E-state index in [0.717, 1.165) is 29.0 Å². The van der Waals surface area contributed by atoms with Crippen molar-refractivity contribution in [1.82, 2.24) is 19.7 Å². The maximum absolute atomic E-state index is 5.93. The fourth-order valence-corrected chi connectivity index (χ4v) is 2.95. The van der Waals surface area contributed by atoms with Crippen molar-refractivity contribution >= 4 is 6.01 Å². The lowest BCUT2D eigenvalue weighted by Crippen LogP contribution is -2.07. The smallest absolute Gasteiger partial charge is 0.316 e. The number of nitrogens with one attached hydrogen (secondary N) is 1. The zero-order chi connectivity index (χ0) is 17.4. The molecule has 1 N–H and O–H groups in total. The molecule has 3 heterocycles. The minimum atomic E-state index is 0.166. The van der Waals surface area contributed by atoms with Crippen LogP contribution in [0.1, 0.15) is 18.1 Å². The Balaban J connectivity index is 1.54. The van der Waals surface area contributed by atoms with Crippen LogP contribution in [0.3, 0.4) is 0 Å². The fraction of sp³-hybridized carbons (Fsp3) is 0.353. The number of aromatic nitrogens is 4. The van der Waals surface area contributed by atoms with E-state index in [2.05, 4.69) is 27.4 Å². The van der Waals surface area contributed by atoms with Gasteiger partial charge in [0.2, 0.25) is 0 Å². The monoisotopic (exact) mass is 341 g/mol. The largest absolute Gasteiger partial charge is 0.497 e. The molecule has 1 aromatic carbocycles. The second-order valence-electron chi connectivity index (χ2n) is 6.04. The van der Waals surface area contributed by atoms with Crippen LogP contribution >= 0.6 is 0 Å². The van der Waals surface area contributed by atoms with Gasteiger partial charge in [-0.3, -0.25) is 0 Å². The summed E-state index contributed by atoms with van der Waals surface area (Å²) in [6.45, 7) is 2.55. The summed E-state index contributed by atoms with van der Waals surface area (Å²) in [6, 6.07) is 4.31. The van der Waals surface area contributed by atoms with Crippen molar-refractivity contribution in [2.45, 2.75) is 26.0 Å². The summed E-state index contributed by atoms with van der Waals surface area (Å²) in [5.41, 5.74) is 2.15. The van der Waals surface area contributed by atoms with E-state index < -0.39 is 0 Å². The van der Waals surface area contributed by atoms with Gasteiger partial charge in [-0.05, 0) is 19.1 Å². The van der Waals surface area contributed by atoms with Gasteiger partial charge in [0.25, 0.3) is 5.89 Å². The lowest BCUT2D eigenvalue weighted by molar-refractivity contribution is 0.252. The number of anilines is 1. The molecule has 130 valence electrons. The third-order valence-corrected chi connectivity index (χ3v) is 4.15. The van der Waals surface area contributed by atoms with E-state index >= 15 is 0 Å². The zero-order valence-electron chi connectivity index (χ0n) is 14.3. The molecule has 1 aliphatic heterocycles. The van der Waals surface area contributed by atoms with Gasteiger partial charge in [-0.1, -0.05) is 5.10 Å². The Kier molecular flexibility index (Phi) is 3.79. The van der Waals surface area contributed by atoms with Gasteiger partial charge < -0.3 is 23.8 Å². The summed E-state index contributed by atoms with van der Waals surface area (Å²) in [7, 11) is 3.53. The normalized spacial score (nSPS) is 15.7. The number of rotatable bonds is 5. The molecule has 0 bridgehead atoms. The van der Waals surface area contributed by atoms with E-state index in [-0.39, 0.29) is 6.10 Å². The Hall–Kier alpha value is -3.03. The standard InChI is InChI=1S/C17H19N5O3/c1-10-6-11-7-13(23-3)8-12(14(11)24-10)9-19-17-21-20-16(25-17)15-18-4-5-22(15)2/h4-5,7-8,10H,6,9H2,1-3H3,(H,19,21). The molecule has 0 aliphatic carbocycles. The Labute approximate surface area is 144 Å². The Morgan fingerprint density at radius 3 is 3.00 bits per heavy atom. The van der Waals surface area contributed by atoms with Crippen LogP contribution in [0, 0.1) is 0 Å². The highest BCUT2D eigenvalue weighted by Crippen LogP contribution is 2.36. The summed E-state index contributed by atoms with van der Waals surface area (Å²) < 4.78 is 18.8. The molecule has 3 aromatic rings. The van der Waals surface area contributed by atoms with Crippen molar-refractivity contribution in [2.24, 2.45) is 7.05 Å². The van der Waals surface area contributed by atoms with Crippen molar-refractivity contribution in [1.29, 1.82) is 0 Å². The SMILES string of the molecule is COc1cc(CNc2nnc(-c3nccn3C)o2)c2c(c1)CC(C)O2. The molecular formula is C17H19N5O3. The minimum absolute atomic E-state index is 0.166. The van der Waals surface area contributed by atoms with Crippen LogP contribution in [0.2, 0.25) is 0 Å². The molecule has 0 radical (unpaired) electrons. The second-order valence-corrected chi connectivity index (χ2v) is 6.04. The van der Waals surface area contributed by atoms with Crippen molar-refractivity contribution in [3.05, 3.63) is 35.7 Å². The van der Waals surface area contributed by atoms with Crippen LogP contribution in [0.4, 0.5) is 6.01 Å². The fourth-order valence-electron chi connectivity index (χ4n) is 2.95. The average molecular weight is 341 g/mol. The predicted octanol–water partition coefficient (Wildman–Crippen LogP) is 2.41. The summed E-state index contributed by atoms with van der Waals surface area (Å²) in [6.07, 6.45) is 4.55. The number of nitrogens with zero attached hydrogens (tertiary/aromatic N) is 4. The van der Waals surface area contributed by atoms with E-state index in [1.54, 1.807) is 13.3 Å². The molecule has 1 aliphatic rings. The Morgan fingerprint density at radius 1 is 1.36 bits per heavy atom. The number of imidazole rings is 1. The molecular weight excluding hydrogens is 322 g/mol. The Morgan fingerprint density at radius 2 is 2.24 bits per heavy atom. The predicted molar refractivity (Wildman–Crippen MR) is 90.6 cm³/mol. The summed E-state index contributed by atoms with van der Waals surface area (Å²) >= 11 is 0. The van der Waals surface area contributed by atoms with Crippen molar-refractivity contribution < 1.29 is 13.9 Å². The first-order valence-electron chi connectivity index (χ1n) is 8.05. The zero-order valence-corrected chi connectivity index (χ0v) is 14.3. The second kappa shape index (κ2) is 6.12. The van der Waals surface area contributed by atoms with Crippen LogP contribution in [-0.4, -0.2) is 33.0 Å². The van der Waals surface area contributed by atoms with E-state index in [1.165, 1.54) is 0 Å². The molecule has 25 heavy (non-hydrogen) atoms. The highest BCUT2D eigenvalue weighted by Gasteiger charge is 2.23. The van der Waals surface area contributed by atoms with E-state index in [9.17, 15) is 0 Å². The highest BCUT2D eigenvalue weighted by molar-refractivity contribution is 5.51. The van der Waals surface area contributed by atoms with E-state index in [1.807, 2.05) is 29.9 Å². The van der Waals surface area contributed by atoms with Crippen LogP contribution in [-0.2, 0) is 20.0 Å². The molecule has 0 fully saturated rings. The van der Waals surface area contributed by atoms with Crippen LogP contribution in [0.25, 0.3) is 11.7 Å². The van der Waals surface area contributed by atoms with Crippen LogP contribution < -0.4 is 14.8 Å². The summed E-state index contributed by atoms with van der Waals surface area (Å²) in [5, 5.41) is 11.2. The van der Waals surface area contributed by atoms with Crippen molar-refractivity contribution in [3.63, 3.8) is 0 Å². The van der Waals surface area contributed by atoms with Gasteiger partial charge >= 0.3 is 6.01 Å². The van der Waals surface area contributed by atoms with Crippen molar-refractivity contribution in [2.75, 3.05) is 12.4 Å². The highest BCUT2D eigenvalue weighted by atomic mass is 16.5. The molecule has 2 aromatic heterocycles. The van der Waals surface area contributed by atoms with E-state index in [0.29, 0.717) is 24.3 Å². The van der Waals surface area contributed by atoms with Gasteiger partial charge in [0.15, 0.2) is 5.82 Å². The lowest BCUT2D eigenvalue weighted by Gasteiger charge is -2.11. The quantitative estimate of drug-likeness (QED) is 0.762. The van der Waals surface area contributed by atoms with Gasteiger partial charge in [-0.2, -0.15) is 0 Å². The maximum Gasteiger partial charge on any atom is 0.316 e. The molecule has 1 unspecified atom stereocenters. The average Bonchev–Trinajstić information content (AvgIpc) is 3.30. The third kappa shape index (κ3) is 2.90. The molecule has 4 rings (SSSR count). The van der Waals surface area contributed by atoms with Crippen LogP contribution in [0.5, 0.6) is 11.5 Å². The Bertz CT molecular complexity index is 902. The number of hydrogen-bond acceptors (Lipinski definition) is 7. The van der Waals surface area contributed by atoms with E-state index in [4.69, 9.17) is 13.9 Å². The van der Waals surface area contributed by atoms with Gasteiger partial charge in [0, 0.05) is 43.5 Å². The minimum Gasteiger partial charge on any atom is -0.497 e. The number of aryl methyl sites for hydroxylation is 1. The van der Waals surface area contributed by atoms with Crippen LogP contribution in [0.15, 0.2) is 28.9 Å².